The van der Waals surface area contributed by atoms with Gasteiger partial charge in [0.25, 0.3) is 0 Å². The molecule has 4 aromatic rings. The van der Waals surface area contributed by atoms with E-state index in [4.69, 9.17) is 40.4 Å². The predicted molar refractivity (Wildman–Crippen MR) is 170 cm³/mol. The average Bonchev–Trinajstić information content (AvgIpc) is 3.45. The zero-order valence-electron chi connectivity index (χ0n) is 22.9. The number of anilines is 2. The van der Waals surface area contributed by atoms with Crippen LogP contribution >= 0.6 is 35.4 Å². The van der Waals surface area contributed by atoms with Crippen molar-refractivity contribution in [2.45, 2.75) is 45.7 Å². The Morgan fingerprint density at radius 1 is 0.900 bits per heavy atom. The molecule has 2 aliphatic rings. The van der Waals surface area contributed by atoms with Crippen LogP contribution in [0.4, 0.5) is 11.4 Å². The van der Waals surface area contributed by atoms with Crippen molar-refractivity contribution in [1.29, 1.82) is 0 Å². The number of piperidine rings is 1. The van der Waals surface area contributed by atoms with Gasteiger partial charge in [0.15, 0.2) is 5.11 Å². The highest BCUT2D eigenvalue weighted by Gasteiger charge is 2.42. The number of para-hydroxylation sites is 1. The molecular weight excluding hydrogens is 557 g/mol. The molecule has 2 atom stereocenters. The number of aryl methyl sites for hydroxylation is 1. The molecule has 0 bridgehead atoms. The molecule has 1 N–H and O–H groups in total. The maximum Gasteiger partial charge on any atom is 0.174 e. The summed E-state index contributed by atoms with van der Waals surface area (Å²) in [5.41, 5.74) is 7.32. The molecule has 40 heavy (non-hydrogen) atoms. The molecule has 6 rings (SSSR count). The molecule has 2 aliphatic heterocycles. The summed E-state index contributed by atoms with van der Waals surface area (Å²) < 4.78 is 2.22. The van der Waals surface area contributed by atoms with Crippen LogP contribution in [0.5, 0.6) is 0 Å². The van der Waals surface area contributed by atoms with E-state index in [2.05, 4.69) is 76.9 Å². The summed E-state index contributed by atoms with van der Waals surface area (Å²) >= 11 is 19.6. The lowest BCUT2D eigenvalue weighted by Gasteiger charge is -2.33. The van der Waals surface area contributed by atoms with Gasteiger partial charge in [0.05, 0.1) is 39.2 Å². The van der Waals surface area contributed by atoms with Crippen LogP contribution in [0.25, 0.3) is 5.69 Å². The fourth-order valence-corrected chi connectivity index (χ4v) is 7.05. The van der Waals surface area contributed by atoms with E-state index in [0.29, 0.717) is 10.1 Å². The first-order valence-corrected chi connectivity index (χ1v) is 15.0. The summed E-state index contributed by atoms with van der Waals surface area (Å²) in [7, 11) is 0. The molecule has 2 fully saturated rings. The molecule has 2 saturated heterocycles. The molecule has 0 unspecified atom stereocenters. The van der Waals surface area contributed by atoms with Gasteiger partial charge in [-0.3, -0.25) is 4.98 Å². The van der Waals surface area contributed by atoms with Crippen LogP contribution in [0.1, 0.15) is 54.5 Å². The largest absolute Gasteiger partial charge is 0.370 e. The van der Waals surface area contributed by atoms with Crippen LogP contribution in [0.15, 0.2) is 72.9 Å². The second kappa shape index (κ2) is 11.1. The van der Waals surface area contributed by atoms with Crippen LogP contribution in [0.3, 0.4) is 0 Å². The molecule has 2 aromatic carbocycles. The van der Waals surface area contributed by atoms with Crippen LogP contribution in [0.2, 0.25) is 10.0 Å². The number of hydrogen-bond donors (Lipinski definition) is 1. The predicted octanol–water partition coefficient (Wildman–Crippen LogP) is 8.21. The lowest BCUT2D eigenvalue weighted by atomic mass is 9.96. The lowest BCUT2D eigenvalue weighted by molar-refractivity contribution is 0.438. The van der Waals surface area contributed by atoms with Gasteiger partial charge in [-0.1, -0.05) is 48.3 Å². The third kappa shape index (κ3) is 4.87. The van der Waals surface area contributed by atoms with Crippen molar-refractivity contribution in [2.75, 3.05) is 22.9 Å². The topological polar surface area (TPSA) is 36.3 Å². The van der Waals surface area contributed by atoms with Gasteiger partial charge in [-0.2, -0.15) is 0 Å². The van der Waals surface area contributed by atoms with Crippen molar-refractivity contribution in [2.24, 2.45) is 5.92 Å². The van der Waals surface area contributed by atoms with Gasteiger partial charge in [0.2, 0.25) is 0 Å². The monoisotopic (exact) mass is 589 g/mol. The average molecular weight is 591 g/mol. The zero-order chi connectivity index (χ0) is 28.0. The van der Waals surface area contributed by atoms with E-state index < -0.39 is 0 Å². The number of rotatable bonds is 5. The van der Waals surface area contributed by atoms with E-state index in [-0.39, 0.29) is 12.1 Å². The molecule has 206 valence electrons. The molecule has 0 radical (unpaired) electrons. The number of nitrogens with zero attached hydrogens (tertiary/aromatic N) is 4. The first-order valence-electron chi connectivity index (χ1n) is 13.8. The Morgan fingerprint density at radius 3 is 2.35 bits per heavy atom. The van der Waals surface area contributed by atoms with Crippen molar-refractivity contribution >= 4 is 51.9 Å². The minimum Gasteiger partial charge on any atom is -0.370 e. The van der Waals surface area contributed by atoms with Crippen LogP contribution in [-0.2, 0) is 0 Å². The highest BCUT2D eigenvalue weighted by Crippen LogP contribution is 2.45. The number of thiocarbonyl (C=S) groups is 1. The van der Waals surface area contributed by atoms with Gasteiger partial charge in [-0.15, -0.1) is 0 Å². The van der Waals surface area contributed by atoms with E-state index in [0.717, 1.165) is 63.7 Å². The van der Waals surface area contributed by atoms with Crippen molar-refractivity contribution < 1.29 is 0 Å². The number of aromatic nitrogens is 2. The second-order valence-electron chi connectivity index (χ2n) is 10.9. The van der Waals surface area contributed by atoms with Gasteiger partial charge in [0, 0.05) is 36.4 Å². The van der Waals surface area contributed by atoms with Gasteiger partial charge in [0.1, 0.15) is 0 Å². The van der Waals surface area contributed by atoms with Gasteiger partial charge in [-0.25, -0.2) is 0 Å². The fourth-order valence-electron chi connectivity index (χ4n) is 6.19. The Kier molecular flexibility index (Phi) is 7.51. The highest BCUT2D eigenvalue weighted by atomic mass is 35.5. The first-order chi connectivity index (χ1) is 19.3. The summed E-state index contributed by atoms with van der Waals surface area (Å²) in [6.07, 6.45) is 4.21. The van der Waals surface area contributed by atoms with E-state index in [9.17, 15) is 0 Å². The van der Waals surface area contributed by atoms with Crippen molar-refractivity contribution in [3.05, 3.63) is 106 Å². The maximum absolute atomic E-state index is 6.97. The number of benzene rings is 2. The Labute approximate surface area is 251 Å². The SMILES string of the molecule is Cc1cc([C@@H]2[C@H](c3ccccn3)NC(=S)N2c2ccc(N3CCC(C)CC3)c(Cl)c2)c(C)n1-c1ccccc1Cl. The molecule has 0 saturated carbocycles. The zero-order valence-corrected chi connectivity index (χ0v) is 25.3. The van der Waals surface area contributed by atoms with E-state index in [1.54, 1.807) is 0 Å². The number of nitrogens with one attached hydrogen (secondary N) is 1. The first kappa shape index (κ1) is 27.1. The van der Waals surface area contributed by atoms with Gasteiger partial charge >= 0.3 is 0 Å². The standard InChI is InChI=1S/C32H33Cl2N5S/c1-20-13-16-37(17-14-20)28-12-11-23(19-26(28)34)39-31(30(36-32(39)40)27-9-6-7-15-35-27)24-18-21(2)38(22(24)3)29-10-5-4-8-25(29)33/h4-12,15,18-20,30-31H,13-14,16-17H2,1-3H3,(H,36,40)/t30-,31+/m0/s1. The van der Waals surface area contributed by atoms with Crippen molar-refractivity contribution in [3.8, 4) is 5.69 Å². The summed E-state index contributed by atoms with van der Waals surface area (Å²) in [5.74, 6) is 0.761. The third-order valence-corrected chi connectivity index (χ3v) is 9.25. The van der Waals surface area contributed by atoms with E-state index in [1.807, 2.05) is 36.5 Å². The molecule has 2 aromatic heterocycles. The number of pyridine rings is 1. The van der Waals surface area contributed by atoms with Crippen LogP contribution in [-0.4, -0.2) is 27.8 Å². The van der Waals surface area contributed by atoms with Gasteiger partial charge in [-0.05, 0) is 98.9 Å². The number of halogens is 2. The summed E-state index contributed by atoms with van der Waals surface area (Å²) in [5, 5.41) is 5.69. The number of hydrogen-bond acceptors (Lipinski definition) is 3. The Bertz CT molecular complexity index is 1540. The molecular formula is C32H33Cl2N5S. The maximum atomic E-state index is 6.97. The molecule has 4 heterocycles. The molecule has 0 amide bonds. The van der Waals surface area contributed by atoms with Crippen LogP contribution < -0.4 is 15.1 Å². The second-order valence-corrected chi connectivity index (χ2v) is 12.1. The lowest BCUT2D eigenvalue weighted by Crippen LogP contribution is -2.33. The minimum atomic E-state index is -0.143. The summed E-state index contributed by atoms with van der Waals surface area (Å²) in [6.45, 7) is 8.65. The van der Waals surface area contributed by atoms with Crippen molar-refractivity contribution in [1.82, 2.24) is 14.9 Å². The fraction of sp³-hybridized carbons (Fsp3) is 0.312. The molecule has 8 heteroatoms. The third-order valence-electron chi connectivity index (χ3n) is 8.31. The molecule has 0 aliphatic carbocycles. The Balaban J connectivity index is 1.45. The van der Waals surface area contributed by atoms with Crippen molar-refractivity contribution in [3.63, 3.8) is 0 Å². The van der Waals surface area contributed by atoms with Crippen LogP contribution in [0, 0.1) is 19.8 Å². The Hall–Kier alpha value is -3.06. The van der Waals surface area contributed by atoms with Gasteiger partial charge < -0.3 is 19.7 Å². The minimum absolute atomic E-state index is 0.136. The quantitative estimate of drug-likeness (QED) is 0.237. The molecule has 5 nitrogen and oxygen atoms in total. The Morgan fingerprint density at radius 2 is 1.65 bits per heavy atom. The molecule has 0 spiro atoms. The smallest absolute Gasteiger partial charge is 0.174 e. The summed E-state index contributed by atoms with van der Waals surface area (Å²) in [4.78, 5) is 9.32. The summed E-state index contributed by atoms with van der Waals surface area (Å²) in [6, 6.07) is 22.3. The normalized spacial score (nSPS) is 19.8. The highest BCUT2D eigenvalue weighted by molar-refractivity contribution is 7.80. The van der Waals surface area contributed by atoms with E-state index >= 15 is 0 Å². The van der Waals surface area contributed by atoms with E-state index in [1.165, 1.54) is 12.8 Å².